The van der Waals surface area contributed by atoms with E-state index >= 15 is 0 Å². The van der Waals surface area contributed by atoms with Crippen LogP contribution in [-0.4, -0.2) is 22.4 Å². The van der Waals surface area contributed by atoms with Gasteiger partial charge in [0.2, 0.25) is 0 Å². The molecule has 3 aromatic rings. The van der Waals surface area contributed by atoms with Gasteiger partial charge in [-0.1, -0.05) is 13.8 Å². The Morgan fingerprint density at radius 1 is 1.22 bits per heavy atom. The number of nitrogens with zero attached hydrogens (tertiary/aromatic N) is 1. The second-order valence-electron chi connectivity index (χ2n) is 7.22. The molecule has 0 aliphatic carbocycles. The second kappa shape index (κ2) is 8.05. The third kappa shape index (κ3) is 3.96. The summed E-state index contributed by atoms with van der Waals surface area (Å²) in [6, 6.07) is 8.99. The molecular formula is C23H27FN2O. The van der Waals surface area contributed by atoms with Crippen LogP contribution in [0.25, 0.3) is 22.0 Å². The Labute approximate surface area is 160 Å². The van der Waals surface area contributed by atoms with E-state index < -0.39 is 0 Å². The number of H-pyrrole nitrogens is 1. The highest BCUT2D eigenvalue weighted by molar-refractivity contribution is 5.97. The zero-order valence-electron chi connectivity index (χ0n) is 16.4. The van der Waals surface area contributed by atoms with E-state index in [4.69, 9.17) is 4.99 Å². The summed E-state index contributed by atoms with van der Waals surface area (Å²) in [6.45, 7) is 8.55. The summed E-state index contributed by atoms with van der Waals surface area (Å²) in [4.78, 5) is 8.00. The number of aryl methyl sites for hydroxylation is 1. The normalized spacial score (nSPS) is 13.3. The second-order valence-corrected chi connectivity index (χ2v) is 7.22. The first-order chi connectivity index (χ1) is 12.9. The van der Waals surface area contributed by atoms with E-state index in [0.717, 1.165) is 51.0 Å². The number of aliphatic hydroxyl groups excluding tert-OH is 1. The molecule has 0 spiro atoms. The lowest BCUT2D eigenvalue weighted by molar-refractivity contribution is 0.300. The Morgan fingerprint density at radius 3 is 2.70 bits per heavy atom. The molecule has 1 aromatic heterocycles. The lowest BCUT2D eigenvalue weighted by atomic mass is 9.94. The largest absolute Gasteiger partial charge is 0.396 e. The molecule has 0 saturated carbocycles. The van der Waals surface area contributed by atoms with Gasteiger partial charge in [-0.25, -0.2) is 4.39 Å². The fourth-order valence-electron chi connectivity index (χ4n) is 3.36. The van der Waals surface area contributed by atoms with Crippen molar-refractivity contribution in [3.63, 3.8) is 0 Å². The molecule has 0 amide bonds. The Kier molecular flexibility index (Phi) is 5.76. The summed E-state index contributed by atoms with van der Waals surface area (Å²) in [5, 5.41) is 10.5. The minimum Gasteiger partial charge on any atom is -0.396 e. The van der Waals surface area contributed by atoms with Gasteiger partial charge in [-0.05, 0) is 79.6 Å². The van der Waals surface area contributed by atoms with E-state index in [9.17, 15) is 9.50 Å². The summed E-state index contributed by atoms with van der Waals surface area (Å²) in [6.07, 6.45) is 3.52. The van der Waals surface area contributed by atoms with Crippen LogP contribution in [0.2, 0.25) is 0 Å². The number of fused-ring (bicyclic) bond motifs is 1. The van der Waals surface area contributed by atoms with Crippen molar-refractivity contribution >= 4 is 22.3 Å². The summed E-state index contributed by atoms with van der Waals surface area (Å²) in [5.74, 6) is 0.182. The molecule has 0 radical (unpaired) electrons. The predicted molar refractivity (Wildman–Crippen MR) is 111 cm³/mol. The van der Waals surface area contributed by atoms with Crippen LogP contribution in [0.15, 0.2) is 41.5 Å². The first-order valence-corrected chi connectivity index (χ1v) is 9.51. The van der Waals surface area contributed by atoms with Gasteiger partial charge in [0, 0.05) is 35.0 Å². The minimum atomic E-state index is -0.257. The highest BCUT2D eigenvalue weighted by Crippen LogP contribution is 2.35. The molecule has 3 rings (SSSR count). The van der Waals surface area contributed by atoms with Crippen molar-refractivity contribution < 1.29 is 9.50 Å². The number of halogens is 1. The molecule has 0 aliphatic rings. The minimum absolute atomic E-state index is 0.0700. The lowest BCUT2D eigenvalue weighted by Gasteiger charge is -2.14. The topological polar surface area (TPSA) is 48.4 Å². The number of benzene rings is 2. The van der Waals surface area contributed by atoms with Gasteiger partial charge < -0.3 is 10.1 Å². The van der Waals surface area contributed by atoms with E-state index in [2.05, 4.69) is 44.8 Å². The number of aliphatic hydroxyl groups is 1. The van der Waals surface area contributed by atoms with E-state index in [-0.39, 0.29) is 12.4 Å². The maximum absolute atomic E-state index is 13.5. The molecule has 1 atom stereocenters. The Bertz CT molecular complexity index is 987. The molecule has 0 aliphatic heterocycles. The number of aliphatic imine (C=N–C) groups is 1. The quantitative estimate of drug-likeness (QED) is 0.520. The van der Waals surface area contributed by atoms with E-state index in [1.165, 1.54) is 12.1 Å². The molecular weight excluding hydrogens is 339 g/mol. The standard InChI is InChI=1S/C23H27FN2O/c1-5-14(2)16(4)26-22-11-17(8-9-27)20(10-15(22)3)21-13-25-23-12-18(24)6-7-19(21)23/h6-7,10-14,25,27H,5,8-9H2,1-4H3. The fourth-order valence-corrected chi connectivity index (χ4v) is 3.36. The summed E-state index contributed by atoms with van der Waals surface area (Å²) >= 11 is 0. The average molecular weight is 366 g/mol. The van der Waals surface area contributed by atoms with E-state index in [1.54, 1.807) is 6.07 Å². The molecule has 2 aromatic carbocycles. The van der Waals surface area contributed by atoms with Crippen molar-refractivity contribution in [3.8, 4) is 11.1 Å². The SMILES string of the molecule is CCC(C)C(C)=Nc1cc(CCO)c(-c2c[nH]c3cc(F)ccc23)cc1C. The van der Waals surface area contributed by atoms with Crippen LogP contribution in [0, 0.1) is 18.7 Å². The zero-order chi connectivity index (χ0) is 19.6. The van der Waals surface area contributed by atoms with Gasteiger partial charge in [-0.2, -0.15) is 0 Å². The van der Waals surface area contributed by atoms with Gasteiger partial charge in [-0.3, -0.25) is 4.99 Å². The molecule has 0 bridgehead atoms. The number of aromatic amines is 1. The van der Waals surface area contributed by atoms with Crippen molar-refractivity contribution in [2.45, 2.75) is 40.5 Å². The number of hydrogen-bond acceptors (Lipinski definition) is 2. The first-order valence-electron chi connectivity index (χ1n) is 9.51. The molecule has 1 unspecified atom stereocenters. The predicted octanol–water partition coefficient (Wildman–Crippen LogP) is 5.96. The van der Waals surface area contributed by atoms with Gasteiger partial charge in [-0.15, -0.1) is 0 Å². The molecule has 4 heteroatoms. The number of hydrogen-bond donors (Lipinski definition) is 2. The highest BCUT2D eigenvalue weighted by atomic mass is 19.1. The fraction of sp³-hybridized carbons (Fsp3) is 0.348. The van der Waals surface area contributed by atoms with Crippen molar-refractivity contribution in [1.29, 1.82) is 0 Å². The Hall–Kier alpha value is -2.46. The van der Waals surface area contributed by atoms with Crippen LogP contribution in [0.3, 0.4) is 0 Å². The monoisotopic (exact) mass is 366 g/mol. The first kappa shape index (κ1) is 19.3. The number of nitrogens with one attached hydrogen (secondary N) is 1. The van der Waals surface area contributed by atoms with Gasteiger partial charge in [0.15, 0.2) is 0 Å². The molecule has 2 N–H and O–H groups in total. The molecule has 1 heterocycles. The Balaban J connectivity index is 2.14. The number of aromatic nitrogens is 1. The van der Waals surface area contributed by atoms with Crippen LogP contribution in [0.1, 0.15) is 38.3 Å². The summed E-state index contributed by atoms with van der Waals surface area (Å²) in [5.41, 5.74) is 7.05. The summed E-state index contributed by atoms with van der Waals surface area (Å²) in [7, 11) is 0. The van der Waals surface area contributed by atoms with Gasteiger partial charge in [0.05, 0.1) is 5.69 Å². The molecule has 0 saturated heterocycles. The molecule has 0 fully saturated rings. The molecule has 3 nitrogen and oxygen atoms in total. The van der Waals surface area contributed by atoms with Crippen LogP contribution in [0.5, 0.6) is 0 Å². The number of rotatable bonds is 6. The third-order valence-corrected chi connectivity index (χ3v) is 5.36. The lowest BCUT2D eigenvalue weighted by Crippen LogP contribution is -2.05. The average Bonchev–Trinajstić information content (AvgIpc) is 3.06. The van der Waals surface area contributed by atoms with Crippen LogP contribution in [0.4, 0.5) is 10.1 Å². The van der Waals surface area contributed by atoms with E-state index in [0.29, 0.717) is 12.3 Å². The van der Waals surface area contributed by atoms with Crippen LogP contribution in [-0.2, 0) is 6.42 Å². The van der Waals surface area contributed by atoms with Gasteiger partial charge >= 0.3 is 0 Å². The van der Waals surface area contributed by atoms with Crippen LogP contribution >= 0.6 is 0 Å². The highest BCUT2D eigenvalue weighted by Gasteiger charge is 2.14. The smallest absolute Gasteiger partial charge is 0.125 e. The maximum atomic E-state index is 13.5. The van der Waals surface area contributed by atoms with E-state index in [1.807, 2.05) is 6.20 Å². The molecule has 27 heavy (non-hydrogen) atoms. The van der Waals surface area contributed by atoms with Crippen molar-refractivity contribution in [1.82, 2.24) is 4.98 Å². The van der Waals surface area contributed by atoms with Crippen molar-refractivity contribution in [2.75, 3.05) is 6.61 Å². The molecule has 142 valence electrons. The van der Waals surface area contributed by atoms with Gasteiger partial charge in [0.1, 0.15) is 5.82 Å². The van der Waals surface area contributed by atoms with Gasteiger partial charge in [0.25, 0.3) is 0 Å². The summed E-state index contributed by atoms with van der Waals surface area (Å²) < 4.78 is 13.5. The maximum Gasteiger partial charge on any atom is 0.125 e. The third-order valence-electron chi connectivity index (χ3n) is 5.36. The Morgan fingerprint density at radius 2 is 2.00 bits per heavy atom. The van der Waals surface area contributed by atoms with Crippen molar-refractivity contribution in [2.24, 2.45) is 10.9 Å². The zero-order valence-corrected chi connectivity index (χ0v) is 16.4. The van der Waals surface area contributed by atoms with Crippen LogP contribution < -0.4 is 0 Å². The van der Waals surface area contributed by atoms with Crippen molar-refractivity contribution in [3.05, 3.63) is 53.5 Å².